The number of nitrogens with zero attached hydrogens (tertiary/aromatic N) is 1. The Kier molecular flexibility index (Phi) is 5.83. The van der Waals surface area contributed by atoms with Gasteiger partial charge < -0.3 is 9.55 Å². The highest BCUT2D eigenvalue weighted by atomic mass is 28.3. The second-order valence-corrected chi connectivity index (χ2v) is 16.9. The number of hydrogen-bond donors (Lipinski definition) is 1. The van der Waals surface area contributed by atoms with Crippen LogP contribution in [0.15, 0.2) is 30.3 Å². The molecule has 0 saturated carbocycles. The molecule has 0 atom stereocenters. The fraction of sp³-hybridized carbons (Fsp3) is 0.600. The van der Waals surface area contributed by atoms with E-state index in [0.717, 1.165) is 13.1 Å². The van der Waals surface area contributed by atoms with Crippen LogP contribution in [-0.4, -0.2) is 29.6 Å². The van der Waals surface area contributed by atoms with Crippen LogP contribution < -0.4 is 9.55 Å². The van der Waals surface area contributed by atoms with Crippen LogP contribution in [-0.2, 0) is 0 Å². The summed E-state index contributed by atoms with van der Waals surface area (Å²) < 4.78 is 2.64. The van der Waals surface area contributed by atoms with Crippen molar-refractivity contribution < 1.29 is 0 Å². The van der Waals surface area contributed by atoms with Gasteiger partial charge in [0.25, 0.3) is 0 Å². The molecule has 0 radical (unpaired) electrons. The van der Waals surface area contributed by atoms with Crippen molar-refractivity contribution in [2.24, 2.45) is 0 Å². The lowest BCUT2D eigenvalue weighted by Gasteiger charge is -2.36. The summed E-state index contributed by atoms with van der Waals surface area (Å²) in [5.41, 5.74) is 1.38. The first-order valence-corrected chi connectivity index (χ1v) is 14.2. The van der Waals surface area contributed by atoms with Crippen LogP contribution >= 0.6 is 0 Å². The summed E-state index contributed by atoms with van der Waals surface area (Å²) in [6.45, 7) is 16.7. The molecule has 0 aliphatic heterocycles. The van der Waals surface area contributed by atoms with Gasteiger partial charge in [-0.1, -0.05) is 57.5 Å². The van der Waals surface area contributed by atoms with Crippen molar-refractivity contribution in [2.45, 2.75) is 45.7 Å². The van der Waals surface area contributed by atoms with Crippen LogP contribution in [0.25, 0.3) is 0 Å². The van der Waals surface area contributed by atoms with Crippen molar-refractivity contribution in [3.05, 3.63) is 30.3 Å². The maximum Gasteiger partial charge on any atom is 0.147 e. The monoisotopic (exact) mass is 294 g/mol. The van der Waals surface area contributed by atoms with Crippen molar-refractivity contribution in [1.29, 1.82) is 0 Å². The molecule has 0 aromatic heterocycles. The first-order chi connectivity index (χ1) is 8.70. The molecule has 19 heavy (non-hydrogen) atoms. The fourth-order valence-corrected chi connectivity index (χ4v) is 4.84. The molecule has 0 unspecified atom stereocenters. The molecule has 4 heteroatoms. The van der Waals surface area contributed by atoms with Crippen molar-refractivity contribution in [3.8, 4) is 0 Å². The summed E-state index contributed by atoms with van der Waals surface area (Å²) in [7, 11) is -2.42. The lowest BCUT2D eigenvalue weighted by molar-refractivity contribution is 0.776. The molecule has 1 aromatic rings. The maximum atomic E-state index is 3.71. The zero-order valence-corrected chi connectivity index (χ0v) is 15.5. The third-order valence-corrected chi connectivity index (χ3v) is 6.50. The molecule has 0 amide bonds. The van der Waals surface area contributed by atoms with Gasteiger partial charge in [0.05, 0.1) is 0 Å². The second-order valence-electron chi connectivity index (χ2n) is 7.19. The van der Waals surface area contributed by atoms with Crippen LogP contribution in [0.2, 0.25) is 39.3 Å². The minimum atomic E-state index is -1.31. The van der Waals surface area contributed by atoms with E-state index in [0.29, 0.717) is 0 Å². The lowest BCUT2D eigenvalue weighted by atomic mass is 10.3. The predicted molar refractivity (Wildman–Crippen MR) is 93.1 cm³/mol. The van der Waals surface area contributed by atoms with E-state index < -0.39 is 16.5 Å². The SMILES string of the molecule is C[Si](C)(C)NCCCN(c1ccccc1)[Si](C)(C)C. The molecular weight excluding hydrogens is 264 g/mol. The van der Waals surface area contributed by atoms with Gasteiger partial charge in [-0.2, -0.15) is 0 Å². The largest absolute Gasteiger partial charge is 0.398 e. The molecule has 0 aliphatic carbocycles. The molecule has 1 rings (SSSR count). The Bertz CT molecular complexity index is 366. The molecular formula is C15H30N2Si2. The Morgan fingerprint density at radius 1 is 0.947 bits per heavy atom. The Morgan fingerprint density at radius 3 is 2.00 bits per heavy atom. The topological polar surface area (TPSA) is 15.3 Å². The van der Waals surface area contributed by atoms with Crippen LogP contribution in [0.3, 0.4) is 0 Å². The minimum absolute atomic E-state index is 1.11. The van der Waals surface area contributed by atoms with Gasteiger partial charge in [0.2, 0.25) is 0 Å². The molecule has 0 saturated heterocycles. The average Bonchev–Trinajstić information content (AvgIpc) is 2.26. The van der Waals surface area contributed by atoms with Gasteiger partial charge in [0, 0.05) is 12.2 Å². The second kappa shape index (κ2) is 6.72. The quantitative estimate of drug-likeness (QED) is 0.600. The standard InChI is InChI=1S/C15H30N2Si2/c1-18(2,3)16-13-10-14-17(19(4,5)6)15-11-8-7-9-12-15/h7-9,11-12,16H,10,13-14H2,1-6H3. The van der Waals surface area contributed by atoms with E-state index in [1.807, 2.05) is 0 Å². The van der Waals surface area contributed by atoms with Gasteiger partial charge >= 0.3 is 0 Å². The summed E-state index contributed by atoms with van der Waals surface area (Å²) in [6, 6.07) is 10.9. The molecule has 1 aromatic carbocycles. The highest BCUT2D eigenvalue weighted by molar-refractivity contribution is 6.79. The Hall–Kier alpha value is -0.586. The third-order valence-electron chi connectivity index (χ3n) is 3.09. The van der Waals surface area contributed by atoms with Crippen LogP contribution in [0, 0.1) is 0 Å². The molecule has 0 aliphatic rings. The first-order valence-electron chi connectivity index (χ1n) is 7.28. The van der Waals surface area contributed by atoms with E-state index in [4.69, 9.17) is 0 Å². The highest BCUT2D eigenvalue weighted by Gasteiger charge is 2.23. The van der Waals surface area contributed by atoms with E-state index in [9.17, 15) is 0 Å². The lowest BCUT2D eigenvalue weighted by Crippen LogP contribution is -2.48. The van der Waals surface area contributed by atoms with Crippen molar-refractivity contribution in [2.75, 3.05) is 17.7 Å². The van der Waals surface area contributed by atoms with E-state index >= 15 is 0 Å². The van der Waals surface area contributed by atoms with Gasteiger partial charge in [-0.05, 0) is 25.1 Å². The molecule has 0 spiro atoms. The number of rotatable bonds is 7. The van der Waals surface area contributed by atoms with E-state index in [1.165, 1.54) is 12.1 Å². The zero-order valence-electron chi connectivity index (χ0n) is 13.5. The number of nitrogens with one attached hydrogen (secondary N) is 1. The first kappa shape index (κ1) is 16.5. The van der Waals surface area contributed by atoms with Crippen molar-refractivity contribution in [1.82, 2.24) is 4.98 Å². The van der Waals surface area contributed by atoms with Crippen LogP contribution in [0.5, 0.6) is 0 Å². The molecule has 0 fully saturated rings. The van der Waals surface area contributed by atoms with Gasteiger partial charge in [-0.15, -0.1) is 0 Å². The summed E-state index contributed by atoms with van der Waals surface area (Å²) in [4.78, 5) is 3.71. The molecule has 108 valence electrons. The summed E-state index contributed by atoms with van der Waals surface area (Å²) in [5, 5.41) is 0. The Balaban J connectivity index is 2.58. The van der Waals surface area contributed by atoms with Gasteiger partial charge in [-0.3, -0.25) is 0 Å². The Morgan fingerprint density at radius 2 is 1.53 bits per heavy atom. The average molecular weight is 295 g/mol. The van der Waals surface area contributed by atoms with Crippen molar-refractivity contribution in [3.63, 3.8) is 0 Å². The van der Waals surface area contributed by atoms with Gasteiger partial charge in [-0.25, -0.2) is 0 Å². The number of benzene rings is 1. The normalized spacial score (nSPS) is 12.5. The fourth-order valence-electron chi connectivity index (χ4n) is 2.16. The van der Waals surface area contributed by atoms with Crippen molar-refractivity contribution >= 4 is 22.2 Å². The Labute approximate surface area is 121 Å². The molecule has 2 nitrogen and oxygen atoms in total. The number of para-hydroxylation sites is 1. The minimum Gasteiger partial charge on any atom is -0.398 e. The van der Waals surface area contributed by atoms with Gasteiger partial charge in [0.1, 0.15) is 16.5 Å². The zero-order chi connectivity index (χ0) is 14.5. The summed E-state index contributed by atoms with van der Waals surface area (Å²) in [6.07, 6.45) is 1.23. The predicted octanol–water partition coefficient (Wildman–Crippen LogP) is 4.14. The number of hydrogen-bond acceptors (Lipinski definition) is 2. The van der Waals surface area contributed by atoms with E-state index in [-0.39, 0.29) is 0 Å². The summed E-state index contributed by atoms with van der Waals surface area (Å²) in [5.74, 6) is 0. The smallest absolute Gasteiger partial charge is 0.147 e. The number of anilines is 1. The molecule has 0 heterocycles. The van der Waals surface area contributed by atoms with E-state index in [1.54, 1.807) is 0 Å². The van der Waals surface area contributed by atoms with Gasteiger partial charge in [0.15, 0.2) is 0 Å². The summed E-state index contributed by atoms with van der Waals surface area (Å²) >= 11 is 0. The molecule has 0 bridgehead atoms. The van der Waals surface area contributed by atoms with Crippen LogP contribution in [0.4, 0.5) is 5.69 Å². The third kappa shape index (κ3) is 6.41. The highest BCUT2D eigenvalue weighted by Crippen LogP contribution is 2.21. The molecule has 1 N–H and O–H groups in total. The maximum absolute atomic E-state index is 3.71. The van der Waals surface area contributed by atoms with Crippen LogP contribution in [0.1, 0.15) is 6.42 Å². The van der Waals surface area contributed by atoms with E-state index in [2.05, 4.69) is 79.2 Å².